The highest BCUT2D eigenvalue weighted by Gasteiger charge is 2.03. The van der Waals surface area contributed by atoms with Crippen LogP contribution in [0.1, 0.15) is 0 Å². The van der Waals surface area contributed by atoms with E-state index in [1.165, 1.54) is 0 Å². The van der Waals surface area contributed by atoms with Gasteiger partial charge in [-0.2, -0.15) is 0 Å². The molecular weight excluding hydrogens is 335 g/mol. The monoisotopic (exact) mass is 352 g/mol. The average Bonchev–Trinajstić information content (AvgIpc) is 1.12. The molecule has 0 saturated carbocycles. The van der Waals surface area contributed by atoms with E-state index in [9.17, 15) is 0 Å². The van der Waals surface area contributed by atoms with Gasteiger partial charge < -0.3 is 0 Å². The Labute approximate surface area is 88.0 Å². The predicted octanol–water partition coefficient (Wildman–Crippen LogP) is 4.47. The zero-order chi connectivity index (χ0) is 9.00. The molecule has 0 aromatic heterocycles. The molecule has 0 radical (unpaired) electrons. The molecule has 0 aliphatic carbocycles. The Hall–Kier alpha value is 1.64. The van der Waals surface area contributed by atoms with Crippen LogP contribution in [0, 0.1) is 0 Å². The van der Waals surface area contributed by atoms with Crippen LogP contribution >= 0.6 is 37.1 Å². The minimum absolute atomic E-state index is 0.641. The van der Waals surface area contributed by atoms with E-state index in [0.717, 1.165) is 0 Å². The third kappa shape index (κ3) is 267. The molecule has 10 heavy (non-hydrogen) atoms. The first-order valence-corrected chi connectivity index (χ1v) is 15.7. The van der Waals surface area contributed by atoms with Crippen molar-refractivity contribution in [3.05, 3.63) is 0 Å². The molecule has 0 unspecified atom stereocenters. The van der Waals surface area contributed by atoms with E-state index >= 15 is 0 Å². The highest BCUT2D eigenvalue weighted by atomic mass is 127. The molecule has 0 amide bonds. The van der Waals surface area contributed by atoms with Crippen LogP contribution in [-0.2, 0) is 0 Å². The lowest BCUT2D eigenvalue weighted by Gasteiger charge is -1.98. The summed E-state index contributed by atoms with van der Waals surface area (Å²) in [5.74, 6) is 0. The maximum atomic E-state index is 3.51. The van der Waals surface area contributed by atoms with E-state index in [-0.39, 0.29) is 0 Å². The van der Waals surface area contributed by atoms with Crippen molar-refractivity contribution in [1.29, 1.82) is 0 Å². The van der Waals surface area contributed by atoms with Crippen molar-refractivity contribution in [2.45, 2.75) is 39.3 Å². The molecule has 0 N–H and O–H groups in total. The Morgan fingerprint density at radius 2 is 0.900 bits per heavy atom. The summed E-state index contributed by atoms with van der Waals surface area (Å²) in [6.45, 7) is 12.9. The van der Waals surface area contributed by atoms with Gasteiger partial charge in [0.1, 0.15) is 12.3 Å². The van der Waals surface area contributed by atoms with Gasteiger partial charge in [-0.1, -0.05) is 39.3 Å². The Balaban J connectivity index is 0. The lowest BCUT2D eigenvalue weighted by molar-refractivity contribution is 1.89. The van der Waals surface area contributed by atoms with E-state index in [4.69, 9.17) is 0 Å². The Morgan fingerprint density at radius 1 is 0.900 bits per heavy atom. The molecule has 0 rings (SSSR count). The van der Waals surface area contributed by atoms with Crippen molar-refractivity contribution < 1.29 is 0 Å². The Kier molecular flexibility index (Phi) is 7.54. The van der Waals surface area contributed by atoms with Gasteiger partial charge >= 0.3 is 0 Å². The maximum Gasteiger partial charge on any atom is 0.121 e. The molecule has 0 bridgehead atoms. The second-order valence-electron chi connectivity index (χ2n) is 4.13. The van der Waals surface area contributed by atoms with Gasteiger partial charge in [0.05, 0.1) is 0 Å². The average molecular weight is 353 g/mol. The van der Waals surface area contributed by atoms with Gasteiger partial charge in [0.25, 0.3) is 0 Å². The molecule has 4 heteroatoms. The molecule has 0 aliphatic heterocycles. The molecule has 0 spiro atoms. The van der Waals surface area contributed by atoms with Gasteiger partial charge in [-0.15, -0.1) is 37.1 Å². The summed E-state index contributed by atoms with van der Waals surface area (Å²) in [6, 6.07) is 0. The number of hydrogen-bond acceptors (Lipinski definition) is 0. The van der Waals surface area contributed by atoms with Crippen LogP contribution in [0.4, 0.5) is 0 Å². The van der Waals surface area contributed by atoms with Crippen molar-refractivity contribution in [1.82, 2.24) is 0 Å². The van der Waals surface area contributed by atoms with Crippen LogP contribution in [0.15, 0.2) is 0 Å². The molecule has 0 fully saturated rings. The fourth-order valence-electron chi connectivity index (χ4n) is 0. The van der Waals surface area contributed by atoms with Gasteiger partial charge in [-0.3, -0.25) is 0 Å². The van der Waals surface area contributed by atoms with E-state index in [1.807, 2.05) is 0 Å². The van der Waals surface area contributed by atoms with Crippen LogP contribution in [0.5, 0.6) is 0 Å². The van der Waals surface area contributed by atoms with Crippen LogP contribution in [0.25, 0.3) is 0 Å². The van der Waals surface area contributed by atoms with Crippen LogP contribution < -0.4 is 0 Å². The van der Waals surface area contributed by atoms with Gasteiger partial charge in [0.2, 0.25) is 0 Å². The van der Waals surface area contributed by atoms with Crippen molar-refractivity contribution in [3.63, 3.8) is 0 Å². The lowest BCUT2D eigenvalue weighted by atomic mass is 11.8. The van der Waals surface area contributed by atoms with Gasteiger partial charge in [0, 0.05) is 0 Å². The molecule has 0 nitrogen and oxygen atoms in total. The summed E-state index contributed by atoms with van der Waals surface area (Å²) in [4.78, 5) is 0. The molecular formula is C6H18BrISi2. The van der Waals surface area contributed by atoms with E-state index < -0.39 is 12.3 Å². The van der Waals surface area contributed by atoms with E-state index in [2.05, 4.69) is 76.4 Å². The standard InChI is InChI=1S/C3H9BrSi.C3H9ISi/c2*1-5(2,3)4/h2*1-3H3. The molecule has 0 atom stereocenters. The largest absolute Gasteiger partial charge is 0.127 e. The normalized spacial score (nSPS) is 12.0. The molecule has 0 aromatic carbocycles. The third-order valence-electron chi connectivity index (χ3n) is 0. The van der Waals surface area contributed by atoms with Gasteiger partial charge in [-0.05, 0) is 0 Å². The summed E-state index contributed by atoms with van der Waals surface area (Å²) in [6.07, 6.45) is 0. The van der Waals surface area contributed by atoms with Gasteiger partial charge in [-0.25, -0.2) is 0 Å². The number of hydrogen-bond donors (Lipinski definition) is 0. The third-order valence-corrected chi connectivity index (χ3v) is 0. The minimum atomic E-state index is -0.799. The predicted molar refractivity (Wildman–Crippen MR) is 69.6 cm³/mol. The second kappa shape index (κ2) is 5.32. The zero-order valence-electron chi connectivity index (χ0n) is 7.76. The first-order valence-electron chi connectivity index (χ1n) is 3.38. The Morgan fingerprint density at radius 3 is 0.900 bits per heavy atom. The van der Waals surface area contributed by atoms with Gasteiger partial charge in [0.15, 0.2) is 0 Å². The SMILES string of the molecule is C[Si](C)(C)Br.C[Si](C)(C)I. The van der Waals surface area contributed by atoms with Crippen LogP contribution in [0.2, 0.25) is 39.3 Å². The first-order chi connectivity index (χ1) is 4.00. The maximum absolute atomic E-state index is 3.51. The summed E-state index contributed by atoms with van der Waals surface area (Å²) >= 11 is 6.03. The highest BCUT2D eigenvalue weighted by Crippen LogP contribution is 2.08. The van der Waals surface area contributed by atoms with Crippen molar-refractivity contribution in [2.75, 3.05) is 0 Å². The first kappa shape index (κ1) is 14.2. The summed E-state index contributed by atoms with van der Waals surface area (Å²) in [5.41, 5.74) is -0.641. The molecule has 64 valence electrons. The van der Waals surface area contributed by atoms with Crippen LogP contribution in [0.3, 0.4) is 0 Å². The van der Waals surface area contributed by atoms with Crippen LogP contribution in [-0.4, -0.2) is 12.3 Å². The smallest absolute Gasteiger partial charge is 0.121 e. The number of rotatable bonds is 0. The lowest BCUT2D eigenvalue weighted by Crippen LogP contribution is -2.05. The molecule has 0 heterocycles. The molecule has 0 aromatic rings. The summed E-state index contributed by atoms with van der Waals surface area (Å²) < 4.78 is 0. The quantitative estimate of drug-likeness (QED) is 0.342. The fourth-order valence-corrected chi connectivity index (χ4v) is 0. The van der Waals surface area contributed by atoms with Crippen molar-refractivity contribution in [2.24, 2.45) is 0 Å². The number of halogens is 2. The minimum Gasteiger partial charge on any atom is -0.127 e. The molecule has 0 aliphatic rings. The van der Waals surface area contributed by atoms with E-state index in [1.54, 1.807) is 0 Å². The zero-order valence-corrected chi connectivity index (χ0v) is 13.5. The Bertz CT molecular complexity index is 58.7. The highest BCUT2D eigenvalue weighted by molar-refractivity contribution is 14.1. The molecule has 0 saturated heterocycles. The summed E-state index contributed by atoms with van der Waals surface area (Å²) in [5, 5.41) is 0. The second-order valence-corrected chi connectivity index (χ2v) is 29.2. The van der Waals surface area contributed by atoms with Crippen molar-refractivity contribution in [3.8, 4) is 0 Å². The summed E-state index contributed by atoms with van der Waals surface area (Å²) in [7, 11) is 0. The topological polar surface area (TPSA) is 0 Å². The van der Waals surface area contributed by atoms with E-state index in [0.29, 0.717) is 0 Å². The van der Waals surface area contributed by atoms with Crippen molar-refractivity contribution >= 4 is 49.4 Å². The fraction of sp³-hybridized carbons (Fsp3) is 1.00.